The molecule has 0 saturated heterocycles. The summed E-state index contributed by atoms with van der Waals surface area (Å²) in [7, 11) is 0. The van der Waals surface area contributed by atoms with Crippen molar-refractivity contribution in [3.05, 3.63) is 94.6 Å². The Morgan fingerprint density at radius 3 is 2.68 bits per heavy atom. The van der Waals surface area contributed by atoms with Crippen LogP contribution in [0.25, 0.3) is 11.0 Å². The van der Waals surface area contributed by atoms with Gasteiger partial charge in [-0.2, -0.15) is 0 Å². The Bertz CT molecular complexity index is 1230. The Kier molecular flexibility index (Phi) is 4.91. The van der Waals surface area contributed by atoms with E-state index in [2.05, 4.69) is 15.3 Å². The lowest BCUT2D eigenvalue weighted by molar-refractivity contribution is 0.102. The number of nitrogens with zero attached hydrogens (tertiary/aromatic N) is 2. The summed E-state index contributed by atoms with van der Waals surface area (Å²) in [5.41, 5.74) is 2.64. The van der Waals surface area contributed by atoms with Crippen LogP contribution >= 0.6 is 11.6 Å². The molecule has 2 aromatic heterocycles. The molecule has 0 spiro atoms. The van der Waals surface area contributed by atoms with Crippen LogP contribution in [0.1, 0.15) is 15.9 Å². The monoisotopic (exact) mass is 389 g/mol. The van der Waals surface area contributed by atoms with Crippen molar-refractivity contribution in [2.45, 2.75) is 6.92 Å². The molecule has 1 N–H and O–H groups in total. The molecule has 0 bridgehead atoms. The lowest BCUT2D eigenvalue weighted by Crippen LogP contribution is -2.22. The van der Waals surface area contributed by atoms with Crippen molar-refractivity contribution in [1.82, 2.24) is 4.98 Å². The van der Waals surface area contributed by atoms with Crippen LogP contribution in [0.4, 0.5) is 11.5 Å². The average molecular weight is 390 g/mol. The number of halogens is 1. The van der Waals surface area contributed by atoms with E-state index in [0.29, 0.717) is 27.7 Å². The van der Waals surface area contributed by atoms with Gasteiger partial charge in [0.2, 0.25) is 5.55 Å². The van der Waals surface area contributed by atoms with E-state index < -0.39 is 0 Å². The molecular weight excluding hydrogens is 374 g/mol. The van der Waals surface area contributed by atoms with E-state index in [1.54, 1.807) is 36.5 Å². The maximum atomic E-state index is 12.9. The lowest BCUT2D eigenvalue weighted by atomic mass is 10.1. The molecule has 0 aliphatic carbocycles. The maximum Gasteiger partial charge on any atom is 0.262 e. The van der Waals surface area contributed by atoms with E-state index in [1.165, 1.54) is 0 Å². The first kappa shape index (κ1) is 17.9. The van der Waals surface area contributed by atoms with Gasteiger partial charge in [-0.1, -0.05) is 41.9 Å². The highest BCUT2D eigenvalue weighted by Gasteiger charge is 2.14. The van der Waals surface area contributed by atoms with Crippen molar-refractivity contribution < 1.29 is 9.21 Å². The molecule has 4 rings (SSSR count). The summed E-state index contributed by atoms with van der Waals surface area (Å²) < 4.78 is 5.93. The van der Waals surface area contributed by atoms with Gasteiger partial charge >= 0.3 is 0 Å². The van der Waals surface area contributed by atoms with Gasteiger partial charge in [0.15, 0.2) is 0 Å². The fourth-order valence-electron chi connectivity index (χ4n) is 2.75. The normalized spacial score (nSPS) is 11.6. The number of amides is 1. The van der Waals surface area contributed by atoms with Crippen LogP contribution in [0, 0.1) is 6.92 Å². The summed E-state index contributed by atoms with van der Waals surface area (Å²) in [6.45, 7) is 1.95. The van der Waals surface area contributed by atoms with Gasteiger partial charge in [0, 0.05) is 11.6 Å². The smallest absolute Gasteiger partial charge is 0.262 e. The fourth-order valence-corrected chi connectivity index (χ4v) is 3.02. The summed E-state index contributed by atoms with van der Waals surface area (Å²) in [4.78, 5) is 21.5. The van der Waals surface area contributed by atoms with Crippen molar-refractivity contribution in [3.8, 4) is 0 Å². The third kappa shape index (κ3) is 3.80. The Hall–Kier alpha value is -3.44. The molecule has 138 valence electrons. The standard InChI is InChI=1S/C22H16ClN3O2/c1-14-9-10-18(17(23)12-14)25-22-16(13-15-6-2-3-7-19(15)28-22)21(27)26-20-8-4-5-11-24-20/h2-13H,1H3,(H,24,26,27). The van der Waals surface area contributed by atoms with Gasteiger partial charge in [-0.05, 0) is 48.9 Å². The number of rotatable bonds is 3. The van der Waals surface area contributed by atoms with Crippen molar-refractivity contribution >= 4 is 40.0 Å². The van der Waals surface area contributed by atoms with Gasteiger partial charge in [-0.3, -0.25) is 4.79 Å². The molecule has 6 heteroatoms. The number of aromatic nitrogens is 1. The van der Waals surface area contributed by atoms with Crippen LogP contribution in [0.15, 0.2) is 82.3 Å². The minimum atomic E-state index is -0.366. The van der Waals surface area contributed by atoms with Gasteiger partial charge in [0.1, 0.15) is 17.0 Å². The molecule has 4 aromatic rings. The number of carbonyl (C=O) groups excluding carboxylic acids is 1. The summed E-state index contributed by atoms with van der Waals surface area (Å²) in [6.07, 6.45) is 1.61. The quantitative estimate of drug-likeness (QED) is 0.518. The zero-order valence-electron chi connectivity index (χ0n) is 15.0. The van der Waals surface area contributed by atoms with Crippen molar-refractivity contribution in [2.24, 2.45) is 4.99 Å². The van der Waals surface area contributed by atoms with Crippen molar-refractivity contribution in [3.63, 3.8) is 0 Å². The number of fused-ring (bicyclic) bond motifs is 1. The highest BCUT2D eigenvalue weighted by atomic mass is 35.5. The number of aryl methyl sites for hydroxylation is 1. The van der Waals surface area contributed by atoms with Crippen molar-refractivity contribution in [1.29, 1.82) is 0 Å². The zero-order valence-corrected chi connectivity index (χ0v) is 15.8. The molecule has 0 fully saturated rings. The first-order chi connectivity index (χ1) is 13.6. The van der Waals surface area contributed by atoms with Gasteiger partial charge in [-0.25, -0.2) is 9.98 Å². The van der Waals surface area contributed by atoms with Crippen LogP contribution in [0.2, 0.25) is 5.02 Å². The van der Waals surface area contributed by atoms with E-state index in [4.69, 9.17) is 16.0 Å². The number of anilines is 1. The highest BCUT2D eigenvalue weighted by Crippen LogP contribution is 2.25. The molecule has 2 aromatic carbocycles. The molecule has 0 radical (unpaired) electrons. The highest BCUT2D eigenvalue weighted by molar-refractivity contribution is 6.33. The second-order valence-corrected chi connectivity index (χ2v) is 6.65. The third-order valence-corrected chi connectivity index (χ3v) is 4.43. The maximum absolute atomic E-state index is 12.9. The third-order valence-electron chi connectivity index (χ3n) is 4.13. The van der Waals surface area contributed by atoms with Gasteiger partial charge in [0.05, 0.1) is 10.7 Å². The Morgan fingerprint density at radius 1 is 1.07 bits per heavy atom. The second kappa shape index (κ2) is 7.66. The SMILES string of the molecule is Cc1ccc(N=c2oc3ccccc3cc2C(=O)Nc2ccccn2)c(Cl)c1. The molecule has 0 atom stereocenters. The van der Waals surface area contributed by atoms with Gasteiger partial charge < -0.3 is 9.73 Å². The van der Waals surface area contributed by atoms with Gasteiger partial charge in [-0.15, -0.1) is 0 Å². The molecular formula is C22H16ClN3O2. The Morgan fingerprint density at radius 2 is 1.89 bits per heavy atom. The van der Waals surface area contributed by atoms with Crippen molar-refractivity contribution in [2.75, 3.05) is 5.32 Å². The molecule has 0 aliphatic rings. The van der Waals surface area contributed by atoms with Crippen LogP contribution in [0.5, 0.6) is 0 Å². The molecule has 0 aliphatic heterocycles. The summed E-state index contributed by atoms with van der Waals surface area (Å²) in [5, 5.41) is 4.05. The van der Waals surface area contributed by atoms with Crippen LogP contribution in [-0.2, 0) is 0 Å². The second-order valence-electron chi connectivity index (χ2n) is 6.24. The minimum absolute atomic E-state index is 0.179. The van der Waals surface area contributed by atoms with E-state index in [1.807, 2.05) is 43.3 Å². The molecule has 2 heterocycles. The van der Waals surface area contributed by atoms with E-state index >= 15 is 0 Å². The first-order valence-electron chi connectivity index (χ1n) is 8.66. The molecule has 0 unspecified atom stereocenters. The number of pyridine rings is 1. The first-order valence-corrected chi connectivity index (χ1v) is 9.04. The molecule has 5 nitrogen and oxygen atoms in total. The molecule has 0 saturated carbocycles. The number of hydrogen-bond acceptors (Lipinski definition) is 4. The molecule has 28 heavy (non-hydrogen) atoms. The Labute approximate surface area is 166 Å². The number of para-hydroxylation sites is 1. The van der Waals surface area contributed by atoms with E-state index in [-0.39, 0.29) is 11.5 Å². The summed E-state index contributed by atoms with van der Waals surface area (Å²) in [6, 6.07) is 20.0. The van der Waals surface area contributed by atoms with E-state index in [0.717, 1.165) is 10.9 Å². The number of benzene rings is 2. The molecule has 1 amide bonds. The minimum Gasteiger partial charge on any atom is -0.438 e. The van der Waals surface area contributed by atoms with Crippen LogP contribution in [0.3, 0.4) is 0 Å². The summed E-state index contributed by atoms with van der Waals surface area (Å²) in [5.74, 6) is 0.0789. The fraction of sp³-hybridized carbons (Fsp3) is 0.0455. The summed E-state index contributed by atoms with van der Waals surface area (Å²) >= 11 is 6.31. The number of hydrogen-bond donors (Lipinski definition) is 1. The van der Waals surface area contributed by atoms with Gasteiger partial charge in [0.25, 0.3) is 5.91 Å². The zero-order chi connectivity index (χ0) is 19.5. The number of nitrogens with one attached hydrogen (secondary N) is 1. The van der Waals surface area contributed by atoms with Crippen LogP contribution in [-0.4, -0.2) is 10.9 Å². The Balaban J connectivity index is 1.87. The topological polar surface area (TPSA) is 67.5 Å². The predicted molar refractivity (Wildman–Crippen MR) is 110 cm³/mol. The predicted octanol–water partition coefficient (Wildman–Crippen LogP) is 5.27. The lowest BCUT2D eigenvalue weighted by Gasteiger charge is -2.07. The van der Waals surface area contributed by atoms with E-state index in [9.17, 15) is 4.79 Å². The average Bonchev–Trinajstić information content (AvgIpc) is 2.70. The van der Waals surface area contributed by atoms with Crippen LogP contribution < -0.4 is 10.9 Å². The number of carbonyl (C=O) groups is 1. The largest absolute Gasteiger partial charge is 0.438 e.